The first-order valence-electron chi connectivity index (χ1n) is 9.91. The molecule has 3 aromatic rings. The van der Waals surface area contributed by atoms with E-state index < -0.39 is 17.5 Å². The Kier molecular flexibility index (Phi) is 7.82. The third-order valence-corrected chi connectivity index (χ3v) is 4.27. The average Bonchev–Trinajstić information content (AvgIpc) is 2.78. The fourth-order valence-corrected chi connectivity index (χ4v) is 2.78. The zero-order valence-corrected chi connectivity index (χ0v) is 17.7. The standard InChI is InChI=1S/C23H23NO8/c1-3-29-16-6-8-17(9-7-16)30-14-21(25)31-18-5-4-15-12-19(22(26)24-10-11-28-2)23(27)32-20(15)13-18/h4-9,12-13H,3,10-11,14H2,1-2H3,(H,24,26). The van der Waals surface area contributed by atoms with Crippen LogP contribution in [0.3, 0.4) is 0 Å². The third kappa shape index (κ3) is 6.08. The number of rotatable bonds is 10. The van der Waals surface area contributed by atoms with E-state index in [1.54, 1.807) is 30.3 Å². The van der Waals surface area contributed by atoms with E-state index in [-0.39, 0.29) is 30.0 Å². The minimum atomic E-state index is -0.797. The summed E-state index contributed by atoms with van der Waals surface area (Å²) in [4.78, 5) is 36.4. The minimum absolute atomic E-state index is 0.123. The molecule has 0 spiro atoms. The quantitative estimate of drug-likeness (QED) is 0.221. The van der Waals surface area contributed by atoms with Gasteiger partial charge in [-0.25, -0.2) is 9.59 Å². The maximum absolute atomic E-state index is 12.2. The number of amides is 1. The average molecular weight is 441 g/mol. The molecule has 3 rings (SSSR count). The lowest BCUT2D eigenvalue weighted by Crippen LogP contribution is -2.30. The number of hydrogen-bond acceptors (Lipinski definition) is 8. The van der Waals surface area contributed by atoms with Crippen LogP contribution in [0.15, 0.2) is 57.7 Å². The molecule has 32 heavy (non-hydrogen) atoms. The second-order valence-corrected chi connectivity index (χ2v) is 6.56. The van der Waals surface area contributed by atoms with E-state index in [2.05, 4.69) is 5.32 Å². The maximum Gasteiger partial charge on any atom is 0.349 e. The number of hydrogen-bond donors (Lipinski definition) is 1. The second-order valence-electron chi connectivity index (χ2n) is 6.56. The van der Waals surface area contributed by atoms with Crippen molar-refractivity contribution in [3.8, 4) is 17.2 Å². The van der Waals surface area contributed by atoms with E-state index in [1.807, 2.05) is 6.92 Å². The predicted molar refractivity (Wildman–Crippen MR) is 115 cm³/mol. The zero-order chi connectivity index (χ0) is 22.9. The van der Waals surface area contributed by atoms with Gasteiger partial charge in [-0.05, 0) is 49.4 Å². The monoisotopic (exact) mass is 441 g/mol. The van der Waals surface area contributed by atoms with Crippen molar-refractivity contribution in [2.24, 2.45) is 0 Å². The van der Waals surface area contributed by atoms with E-state index in [0.29, 0.717) is 30.1 Å². The molecule has 0 fully saturated rings. The summed E-state index contributed by atoms with van der Waals surface area (Å²) in [5.74, 6) is 0.189. The van der Waals surface area contributed by atoms with Gasteiger partial charge < -0.3 is 28.7 Å². The lowest BCUT2D eigenvalue weighted by Gasteiger charge is -2.09. The number of benzene rings is 2. The molecular weight excluding hydrogens is 418 g/mol. The summed E-state index contributed by atoms with van der Waals surface area (Å²) < 4.78 is 26.1. The smallest absolute Gasteiger partial charge is 0.349 e. The Morgan fingerprint density at radius 1 is 0.969 bits per heavy atom. The molecule has 1 aromatic heterocycles. The maximum atomic E-state index is 12.2. The predicted octanol–water partition coefficient (Wildman–Crippen LogP) is 2.55. The van der Waals surface area contributed by atoms with Gasteiger partial charge >= 0.3 is 11.6 Å². The van der Waals surface area contributed by atoms with E-state index >= 15 is 0 Å². The van der Waals surface area contributed by atoms with Gasteiger partial charge in [-0.2, -0.15) is 0 Å². The van der Waals surface area contributed by atoms with Crippen LogP contribution in [0.5, 0.6) is 17.2 Å². The molecule has 1 N–H and O–H groups in total. The number of carbonyl (C=O) groups is 2. The molecule has 0 radical (unpaired) electrons. The summed E-state index contributed by atoms with van der Waals surface area (Å²) in [5, 5.41) is 3.07. The van der Waals surface area contributed by atoms with Crippen LogP contribution in [-0.2, 0) is 9.53 Å². The van der Waals surface area contributed by atoms with Crippen LogP contribution in [0.25, 0.3) is 11.0 Å². The number of esters is 1. The number of fused-ring (bicyclic) bond motifs is 1. The van der Waals surface area contributed by atoms with Crippen molar-refractivity contribution >= 4 is 22.8 Å². The first-order chi connectivity index (χ1) is 15.5. The number of carbonyl (C=O) groups excluding carboxylic acids is 2. The Balaban J connectivity index is 1.62. The zero-order valence-electron chi connectivity index (χ0n) is 17.7. The van der Waals surface area contributed by atoms with Gasteiger partial charge in [0, 0.05) is 25.1 Å². The van der Waals surface area contributed by atoms with Gasteiger partial charge in [0.05, 0.1) is 13.2 Å². The van der Waals surface area contributed by atoms with Crippen LogP contribution < -0.4 is 25.2 Å². The molecule has 0 atom stereocenters. The van der Waals surface area contributed by atoms with Crippen molar-refractivity contribution in [1.29, 1.82) is 0 Å². The van der Waals surface area contributed by atoms with Gasteiger partial charge in [-0.1, -0.05) is 0 Å². The summed E-state index contributed by atoms with van der Waals surface area (Å²) in [6.45, 7) is 2.72. The molecule has 0 aliphatic heterocycles. The van der Waals surface area contributed by atoms with Gasteiger partial charge in [0.15, 0.2) is 6.61 Å². The molecule has 2 aromatic carbocycles. The summed E-state index contributed by atoms with van der Waals surface area (Å²) in [6, 6.07) is 12.8. The molecule has 9 nitrogen and oxygen atoms in total. The molecule has 1 amide bonds. The molecular formula is C23H23NO8. The highest BCUT2D eigenvalue weighted by atomic mass is 16.6. The Labute approximate surface area is 183 Å². The summed E-state index contributed by atoms with van der Waals surface area (Å²) in [7, 11) is 1.51. The fraction of sp³-hybridized carbons (Fsp3) is 0.261. The Morgan fingerprint density at radius 3 is 2.34 bits per heavy atom. The molecule has 168 valence electrons. The van der Waals surface area contributed by atoms with E-state index in [1.165, 1.54) is 25.3 Å². The molecule has 9 heteroatoms. The minimum Gasteiger partial charge on any atom is -0.494 e. The SMILES string of the molecule is CCOc1ccc(OCC(=O)Oc2ccc3cc(C(=O)NCCOC)c(=O)oc3c2)cc1. The van der Waals surface area contributed by atoms with Crippen LogP contribution in [0.2, 0.25) is 0 Å². The molecule has 0 aliphatic carbocycles. The topological polar surface area (TPSA) is 113 Å². The first kappa shape index (κ1) is 22.8. The van der Waals surface area contributed by atoms with Crippen molar-refractivity contribution < 1.29 is 33.0 Å². The lowest BCUT2D eigenvalue weighted by atomic mass is 10.1. The molecule has 0 saturated carbocycles. The van der Waals surface area contributed by atoms with Crippen molar-refractivity contribution in [2.45, 2.75) is 6.92 Å². The van der Waals surface area contributed by atoms with E-state index in [4.69, 9.17) is 23.4 Å². The summed E-state index contributed by atoms with van der Waals surface area (Å²) in [5.41, 5.74) is -0.738. The molecule has 0 saturated heterocycles. The van der Waals surface area contributed by atoms with Crippen molar-refractivity contribution in [3.63, 3.8) is 0 Å². The van der Waals surface area contributed by atoms with Crippen LogP contribution in [0.4, 0.5) is 0 Å². The van der Waals surface area contributed by atoms with Gasteiger partial charge in [0.2, 0.25) is 0 Å². The third-order valence-electron chi connectivity index (χ3n) is 4.27. The number of ether oxygens (including phenoxy) is 4. The van der Waals surface area contributed by atoms with Crippen molar-refractivity contribution in [3.05, 3.63) is 64.5 Å². The van der Waals surface area contributed by atoms with E-state index in [0.717, 1.165) is 0 Å². The first-order valence-corrected chi connectivity index (χ1v) is 9.91. The molecule has 0 bridgehead atoms. The lowest BCUT2D eigenvalue weighted by molar-refractivity contribution is -0.136. The fourth-order valence-electron chi connectivity index (χ4n) is 2.78. The number of nitrogens with one attached hydrogen (secondary N) is 1. The van der Waals surface area contributed by atoms with Gasteiger partial charge in [-0.15, -0.1) is 0 Å². The van der Waals surface area contributed by atoms with Gasteiger partial charge in [-0.3, -0.25) is 4.79 Å². The van der Waals surface area contributed by atoms with Crippen molar-refractivity contribution in [2.75, 3.05) is 33.5 Å². The normalized spacial score (nSPS) is 10.6. The van der Waals surface area contributed by atoms with Crippen LogP contribution in [-0.4, -0.2) is 45.4 Å². The molecule has 1 heterocycles. The van der Waals surface area contributed by atoms with Crippen molar-refractivity contribution in [1.82, 2.24) is 5.32 Å². The summed E-state index contributed by atoms with van der Waals surface area (Å²) in [6.07, 6.45) is 0. The Morgan fingerprint density at radius 2 is 1.66 bits per heavy atom. The summed E-state index contributed by atoms with van der Waals surface area (Å²) >= 11 is 0. The molecule has 0 unspecified atom stereocenters. The van der Waals surface area contributed by atoms with Gasteiger partial charge in [0.1, 0.15) is 28.4 Å². The highest BCUT2D eigenvalue weighted by Crippen LogP contribution is 2.21. The van der Waals surface area contributed by atoms with Crippen LogP contribution >= 0.6 is 0 Å². The Hall–Kier alpha value is -3.85. The Bertz CT molecular complexity index is 1140. The highest BCUT2D eigenvalue weighted by molar-refractivity contribution is 5.96. The van der Waals surface area contributed by atoms with Crippen LogP contribution in [0.1, 0.15) is 17.3 Å². The van der Waals surface area contributed by atoms with Crippen LogP contribution in [0, 0.1) is 0 Å². The second kappa shape index (κ2) is 11.0. The van der Waals surface area contributed by atoms with E-state index in [9.17, 15) is 14.4 Å². The molecule has 0 aliphatic rings. The highest BCUT2D eigenvalue weighted by Gasteiger charge is 2.14. The largest absolute Gasteiger partial charge is 0.494 e. The van der Waals surface area contributed by atoms with Gasteiger partial charge in [0.25, 0.3) is 5.91 Å². The number of methoxy groups -OCH3 is 1.